The molecule has 0 fully saturated rings. The molecule has 0 saturated heterocycles. The number of phenols is 1. The minimum atomic E-state index is -2.40. The largest absolute Gasteiger partial charge is 0.508 e. The van der Waals surface area contributed by atoms with Gasteiger partial charge in [-0.25, -0.2) is 0 Å². The molecule has 10 heteroatoms. The van der Waals surface area contributed by atoms with Crippen molar-refractivity contribution in [2.24, 2.45) is 17.6 Å². The fourth-order valence-corrected chi connectivity index (χ4v) is 5.87. The Morgan fingerprint density at radius 2 is 1.74 bits per heavy atom. The van der Waals surface area contributed by atoms with Gasteiger partial charge < -0.3 is 31.1 Å². The summed E-state index contributed by atoms with van der Waals surface area (Å²) >= 11 is 0. The van der Waals surface area contributed by atoms with E-state index in [1.54, 1.807) is 52.1 Å². The Kier molecular flexibility index (Phi) is 5.39. The Balaban J connectivity index is 2.01. The smallest absolute Gasteiger partial charge is 0.255 e. The number of carbonyl (C=O) groups excluding carboxylic acids is 3. The summed E-state index contributed by atoms with van der Waals surface area (Å²) in [6.45, 7) is 1.78. The number of anilines is 1. The van der Waals surface area contributed by atoms with Crippen LogP contribution >= 0.6 is 0 Å². The highest BCUT2D eigenvalue weighted by Gasteiger charge is 2.62. The van der Waals surface area contributed by atoms with E-state index in [-0.39, 0.29) is 16.9 Å². The lowest BCUT2D eigenvalue weighted by Crippen LogP contribution is -2.66. The van der Waals surface area contributed by atoms with E-state index in [1.807, 2.05) is 0 Å². The molecule has 0 aliphatic heterocycles. The average Bonchev–Trinajstić information content (AvgIpc) is 2.72. The van der Waals surface area contributed by atoms with E-state index in [1.165, 1.54) is 4.90 Å². The molecule has 0 radical (unpaired) electrons. The maximum atomic E-state index is 13.6. The Bertz CT molecular complexity index is 1190. The van der Waals surface area contributed by atoms with Crippen molar-refractivity contribution in [3.8, 4) is 5.75 Å². The standard InChI is InChI=1S/C24H29N3O7/c1-9-10-6-7-12(26(2)3)19(29)14(10)18(28)11-8-24(34)16(20(30)13(9)11)17(27(4)5)21(31)15(22(24)32)23(25)33/h6-9,13,16-17,20,29-30,32,34H,1-5H3,(H2,25,33)/t9-,13+,16+,17-,20-,24+/m0/s1. The molecule has 0 heterocycles. The normalized spacial score (nSPS) is 32.7. The summed E-state index contributed by atoms with van der Waals surface area (Å²) in [5, 5.41) is 44.9. The van der Waals surface area contributed by atoms with Crippen molar-refractivity contribution in [2.45, 2.75) is 30.6 Å². The molecule has 3 aliphatic rings. The summed E-state index contributed by atoms with van der Waals surface area (Å²) in [6.07, 6.45) is -0.333. The number of rotatable bonds is 3. The molecule has 0 bridgehead atoms. The van der Waals surface area contributed by atoms with E-state index in [0.29, 0.717) is 11.3 Å². The van der Waals surface area contributed by atoms with Gasteiger partial charge in [-0.3, -0.25) is 19.3 Å². The van der Waals surface area contributed by atoms with Crippen LogP contribution < -0.4 is 10.6 Å². The number of aliphatic hydroxyl groups excluding tert-OH is 2. The highest BCUT2D eigenvalue weighted by Crippen LogP contribution is 2.54. The molecule has 34 heavy (non-hydrogen) atoms. The summed E-state index contributed by atoms with van der Waals surface area (Å²) in [5.41, 5.74) is 3.15. The van der Waals surface area contributed by atoms with Crippen LogP contribution in [0.1, 0.15) is 28.8 Å². The van der Waals surface area contributed by atoms with Gasteiger partial charge in [0.05, 0.1) is 23.4 Å². The number of phenolic OH excluding ortho intramolecular Hbond substituents is 1. The van der Waals surface area contributed by atoms with Gasteiger partial charge >= 0.3 is 0 Å². The molecule has 0 aromatic heterocycles. The van der Waals surface area contributed by atoms with Crippen molar-refractivity contribution in [3.63, 3.8) is 0 Å². The lowest BCUT2D eigenvalue weighted by atomic mass is 9.56. The number of hydrogen-bond donors (Lipinski definition) is 5. The minimum absolute atomic E-state index is 0.0142. The molecular formula is C24H29N3O7. The molecular weight excluding hydrogens is 442 g/mol. The highest BCUT2D eigenvalue weighted by atomic mass is 16.3. The molecule has 4 rings (SSSR count). The summed E-state index contributed by atoms with van der Waals surface area (Å²) in [5.74, 6) is -6.45. The molecule has 182 valence electrons. The first-order valence-electron chi connectivity index (χ1n) is 10.9. The number of primary amides is 1. The van der Waals surface area contributed by atoms with E-state index in [0.717, 1.165) is 6.08 Å². The summed E-state index contributed by atoms with van der Waals surface area (Å²) in [6, 6.07) is 2.21. The second-order valence-corrected chi connectivity index (χ2v) is 9.74. The number of fused-ring (bicyclic) bond motifs is 3. The van der Waals surface area contributed by atoms with Gasteiger partial charge in [-0.2, -0.15) is 0 Å². The topological polar surface area (TPSA) is 165 Å². The fraction of sp³-hybridized carbons (Fsp3) is 0.458. The first-order valence-corrected chi connectivity index (χ1v) is 10.9. The van der Waals surface area contributed by atoms with Crippen LogP contribution in [0.4, 0.5) is 5.69 Å². The number of aliphatic hydroxyl groups is 3. The zero-order valence-electron chi connectivity index (χ0n) is 19.6. The third-order valence-electron chi connectivity index (χ3n) is 7.44. The number of hydrogen-bond acceptors (Lipinski definition) is 9. The number of benzene rings is 1. The first kappa shape index (κ1) is 23.9. The van der Waals surface area contributed by atoms with Gasteiger partial charge in [0.1, 0.15) is 22.7 Å². The minimum Gasteiger partial charge on any atom is -0.508 e. The van der Waals surface area contributed by atoms with Gasteiger partial charge in [-0.15, -0.1) is 0 Å². The van der Waals surface area contributed by atoms with Crippen molar-refractivity contribution >= 4 is 23.2 Å². The third-order valence-corrected chi connectivity index (χ3v) is 7.44. The van der Waals surface area contributed by atoms with Gasteiger partial charge in [-0.1, -0.05) is 13.0 Å². The Hall–Kier alpha value is -3.21. The van der Waals surface area contributed by atoms with Crippen molar-refractivity contribution in [2.75, 3.05) is 33.1 Å². The van der Waals surface area contributed by atoms with Crippen LogP contribution in [-0.4, -0.2) is 88.7 Å². The zero-order valence-corrected chi connectivity index (χ0v) is 19.6. The van der Waals surface area contributed by atoms with Gasteiger partial charge in [0, 0.05) is 31.5 Å². The molecule has 6 N–H and O–H groups in total. The van der Waals surface area contributed by atoms with Crippen LogP contribution in [0.15, 0.2) is 35.1 Å². The maximum Gasteiger partial charge on any atom is 0.255 e. The van der Waals surface area contributed by atoms with Gasteiger partial charge in [0.15, 0.2) is 11.6 Å². The number of likely N-dealkylation sites (N-methyl/N-ethyl adjacent to an activating group) is 1. The molecule has 1 aromatic rings. The van der Waals surface area contributed by atoms with Crippen LogP contribution in [0.2, 0.25) is 0 Å². The van der Waals surface area contributed by atoms with Crippen molar-refractivity contribution in [1.82, 2.24) is 4.90 Å². The second-order valence-electron chi connectivity index (χ2n) is 9.74. The van der Waals surface area contributed by atoms with Crippen LogP contribution in [0.3, 0.4) is 0 Å². The third kappa shape index (κ3) is 2.95. The van der Waals surface area contributed by atoms with Crippen molar-refractivity contribution in [3.05, 3.63) is 46.2 Å². The van der Waals surface area contributed by atoms with E-state index in [4.69, 9.17) is 5.73 Å². The quantitative estimate of drug-likeness (QED) is 0.377. The molecule has 3 aliphatic carbocycles. The Morgan fingerprint density at radius 3 is 2.26 bits per heavy atom. The second kappa shape index (κ2) is 7.66. The van der Waals surface area contributed by atoms with Crippen LogP contribution in [-0.2, 0) is 9.59 Å². The van der Waals surface area contributed by atoms with Crippen molar-refractivity contribution in [1.29, 1.82) is 0 Å². The average molecular weight is 472 g/mol. The molecule has 1 amide bonds. The van der Waals surface area contributed by atoms with Gasteiger partial charge in [-0.05, 0) is 37.7 Å². The van der Waals surface area contributed by atoms with E-state index >= 15 is 0 Å². The highest BCUT2D eigenvalue weighted by molar-refractivity contribution is 6.22. The number of nitrogens with zero attached hydrogens (tertiary/aromatic N) is 2. The predicted molar refractivity (Wildman–Crippen MR) is 123 cm³/mol. The number of nitrogens with two attached hydrogens (primary N) is 1. The van der Waals surface area contributed by atoms with Crippen LogP contribution in [0.25, 0.3) is 0 Å². The molecule has 0 spiro atoms. The molecule has 0 saturated carbocycles. The van der Waals surface area contributed by atoms with E-state index < -0.39 is 64.3 Å². The maximum absolute atomic E-state index is 13.6. The predicted octanol–water partition coefficient (Wildman–Crippen LogP) is -0.167. The lowest BCUT2D eigenvalue weighted by Gasteiger charge is -2.52. The van der Waals surface area contributed by atoms with Crippen LogP contribution in [0, 0.1) is 11.8 Å². The molecule has 0 unspecified atom stereocenters. The molecule has 1 aromatic carbocycles. The van der Waals surface area contributed by atoms with Crippen molar-refractivity contribution < 1.29 is 34.8 Å². The summed E-state index contributed by atoms with van der Waals surface area (Å²) in [4.78, 5) is 41.8. The van der Waals surface area contributed by atoms with Gasteiger partial charge in [0.25, 0.3) is 5.91 Å². The number of amides is 1. The van der Waals surface area contributed by atoms with Crippen LogP contribution in [0.5, 0.6) is 5.75 Å². The summed E-state index contributed by atoms with van der Waals surface area (Å²) in [7, 11) is 6.52. The monoisotopic (exact) mass is 471 g/mol. The molecule has 10 nitrogen and oxygen atoms in total. The Labute approximate surface area is 196 Å². The lowest BCUT2D eigenvalue weighted by molar-refractivity contribution is -0.143. The Morgan fingerprint density at radius 1 is 1.12 bits per heavy atom. The zero-order chi connectivity index (χ0) is 25.4. The van der Waals surface area contributed by atoms with Gasteiger partial charge in [0.2, 0.25) is 0 Å². The van der Waals surface area contributed by atoms with E-state index in [2.05, 4.69) is 0 Å². The number of Topliss-reactive ketones (excluding diaryl/α,β-unsaturated/α-hetero) is 2. The fourth-order valence-electron chi connectivity index (χ4n) is 5.87. The first-order chi connectivity index (χ1) is 15.8. The molecule has 6 atom stereocenters. The summed E-state index contributed by atoms with van der Waals surface area (Å²) < 4.78 is 0. The number of aromatic hydroxyl groups is 1. The number of ketones is 2. The van der Waals surface area contributed by atoms with E-state index in [9.17, 15) is 34.8 Å². The number of carbonyl (C=O) groups is 3. The SMILES string of the molecule is C[C@H]1c2ccc(N(C)C)c(O)c2C(=O)C2=C[C@]3(O)C(O)=C(C(N)=O)C(=O)[C@@H](N(C)C)[C@@H]3[C@@H](O)[C@@H]21.